The molecule has 1 fully saturated rings. The van der Waals surface area contributed by atoms with Crippen LogP contribution in [0.2, 0.25) is 10.0 Å². The molecule has 1 aliphatic heterocycles. The van der Waals surface area contributed by atoms with E-state index in [1.165, 1.54) is 7.11 Å². The summed E-state index contributed by atoms with van der Waals surface area (Å²) < 4.78 is 5.03. The third kappa shape index (κ3) is 4.03. The van der Waals surface area contributed by atoms with Crippen molar-refractivity contribution in [2.45, 2.75) is 6.04 Å². The molecule has 1 saturated heterocycles. The standard InChI is InChI=1S/C22H21Cl2N3O3/c1-30-22(29)20(16-4-2-3-5-17(16)24)26-8-10-27(11-9-26)21(28)19-13-14-12-15(23)6-7-18(14)25-19/h2-7,12-13,20,25H,8-11H2,1H3. The fourth-order valence-corrected chi connectivity index (χ4v) is 4.27. The fraction of sp³-hybridized carbons (Fsp3) is 0.273. The number of carbonyl (C=O) groups is 2. The molecule has 1 aromatic heterocycles. The Morgan fingerprint density at radius 3 is 2.47 bits per heavy atom. The highest BCUT2D eigenvalue weighted by atomic mass is 35.5. The van der Waals surface area contributed by atoms with E-state index in [-0.39, 0.29) is 11.9 Å². The number of aromatic amines is 1. The van der Waals surface area contributed by atoms with Crippen molar-refractivity contribution >= 4 is 46.0 Å². The summed E-state index contributed by atoms with van der Waals surface area (Å²) in [6.45, 7) is 2.05. The van der Waals surface area contributed by atoms with Gasteiger partial charge in [0.15, 0.2) is 0 Å². The van der Waals surface area contributed by atoms with Gasteiger partial charge in [-0.2, -0.15) is 0 Å². The van der Waals surface area contributed by atoms with Crippen molar-refractivity contribution < 1.29 is 14.3 Å². The molecule has 1 aliphatic rings. The zero-order valence-corrected chi connectivity index (χ0v) is 17.9. The fourth-order valence-electron chi connectivity index (χ4n) is 3.85. The number of esters is 1. The number of hydrogen-bond acceptors (Lipinski definition) is 4. The second kappa shape index (κ2) is 8.68. The van der Waals surface area contributed by atoms with Crippen LogP contribution in [0.15, 0.2) is 48.5 Å². The minimum absolute atomic E-state index is 0.0747. The first-order valence-corrected chi connectivity index (χ1v) is 10.4. The van der Waals surface area contributed by atoms with Crippen molar-refractivity contribution in [2.24, 2.45) is 0 Å². The summed E-state index contributed by atoms with van der Waals surface area (Å²) >= 11 is 12.4. The predicted molar refractivity (Wildman–Crippen MR) is 117 cm³/mol. The van der Waals surface area contributed by atoms with Gasteiger partial charge in [-0.1, -0.05) is 41.4 Å². The third-order valence-corrected chi connectivity index (χ3v) is 5.98. The van der Waals surface area contributed by atoms with E-state index in [4.69, 9.17) is 27.9 Å². The van der Waals surface area contributed by atoms with Gasteiger partial charge in [-0.15, -0.1) is 0 Å². The van der Waals surface area contributed by atoms with E-state index < -0.39 is 6.04 Å². The molecule has 1 N–H and O–H groups in total. The number of hydrogen-bond donors (Lipinski definition) is 1. The normalized spacial score (nSPS) is 15.9. The number of methoxy groups -OCH3 is 1. The first kappa shape index (κ1) is 20.7. The van der Waals surface area contributed by atoms with Crippen molar-refractivity contribution in [3.05, 3.63) is 69.8 Å². The summed E-state index contributed by atoms with van der Waals surface area (Å²) in [5.74, 6) is -0.440. The van der Waals surface area contributed by atoms with Crippen LogP contribution in [0.4, 0.5) is 0 Å². The van der Waals surface area contributed by atoms with Crippen LogP contribution in [-0.2, 0) is 9.53 Å². The molecule has 1 atom stereocenters. The van der Waals surface area contributed by atoms with E-state index in [9.17, 15) is 9.59 Å². The number of aromatic nitrogens is 1. The lowest BCUT2D eigenvalue weighted by molar-refractivity contribution is -0.148. The van der Waals surface area contributed by atoms with Gasteiger partial charge in [0.1, 0.15) is 11.7 Å². The maximum Gasteiger partial charge on any atom is 0.327 e. The van der Waals surface area contributed by atoms with Gasteiger partial charge in [0.2, 0.25) is 0 Å². The SMILES string of the molecule is COC(=O)C(c1ccccc1Cl)N1CCN(C(=O)c2cc3cc(Cl)ccc3[nH]2)CC1. The zero-order chi connectivity index (χ0) is 21.3. The summed E-state index contributed by atoms with van der Waals surface area (Å²) in [4.78, 5) is 32.4. The molecule has 0 radical (unpaired) electrons. The topological polar surface area (TPSA) is 65.6 Å². The number of nitrogens with one attached hydrogen (secondary N) is 1. The van der Waals surface area contributed by atoms with Crippen molar-refractivity contribution in [1.29, 1.82) is 0 Å². The van der Waals surface area contributed by atoms with Crippen LogP contribution < -0.4 is 0 Å². The molecular weight excluding hydrogens is 425 g/mol. The van der Waals surface area contributed by atoms with Crippen LogP contribution in [0.25, 0.3) is 10.9 Å². The molecule has 0 bridgehead atoms. The third-order valence-electron chi connectivity index (χ3n) is 5.40. The summed E-state index contributed by atoms with van der Waals surface area (Å²) in [5.41, 5.74) is 2.10. The lowest BCUT2D eigenvalue weighted by Gasteiger charge is -2.38. The highest BCUT2D eigenvalue weighted by Gasteiger charge is 2.33. The largest absolute Gasteiger partial charge is 0.468 e. The number of amides is 1. The Bertz CT molecular complexity index is 1090. The lowest BCUT2D eigenvalue weighted by atomic mass is 10.0. The molecule has 2 heterocycles. The second-order valence-corrected chi connectivity index (χ2v) is 8.03. The van der Waals surface area contributed by atoms with Crippen molar-refractivity contribution in [2.75, 3.05) is 33.3 Å². The Balaban J connectivity index is 1.49. The monoisotopic (exact) mass is 445 g/mol. The van der Waals surface area contributed by atoms with Crippen LogP contribution in [0.5, 0.6) is 0 Å². The molecule has 1 amide bonds. The minimum atomic E-state index is -0.601. The Labute approximate surface area is 184 Å². The smallest absolute Gasteiger partial charge is 0.327 e. The van der Waals surface area contributed by atoms with Gasteiger partial charge in [0, 0.05) is 47.1 Å². The van der Waals surface area contributed by atoms with Gasteiger partial charge < -0.3 is 14.6 Å². The molecule has 2 aromatic carbocycles. The summed E-state index contributed by atoms with van der Waals surface area (Å²) in [6.07, 6.45) is 0. The van der Waals surface area contributed by atoms with E-state index in [1.807, 2.05) is 41.3 Å². The quantitative estimate of drug-likeness (QED) is 0.612. The number of benzene rings is 2. The van der Waals surface area contributed by atoms with Crippen LogP contribution >= 0.6 is 23.2 Å². The van der Waals surface area contributed by atoms with E-state index in [1.54, 1.807) is 17.0 Å². The van der Waals surface area contributed by atoms with Crippen LogP contribution in [0.3, 0.4) is 0 Å². The molecule has 156 valence electrons. The first-order chi connectivity index (χ1) is 14.5. The molecule has 30 heavy (non-hydrogen) atoms. The Kier molecular flexibility index (Phi) is 5.99. The second-order valence-electron chi connectivity index (χ2n) is 7.19. The Morgan fingerprint density at radius 2 is 1.77 bits per heavy atom. The molecule has 1 unspecified atom stereocenters. The molecular formula is C22H21Cl2N3O3. The number of carbonyl (C=O) groups excluding carboxylic acids is 2. The number of halogens is 2. The maximum atomic E-state index is 13.0. The van der Waals surface area contributed by atoms with E-state index >= 15 is 0 Å². The van der Waals surface area contributed by atoms with E-state index in [2.05, 4.69) is 4.98 Å². The summed E-state index contributed by atoms with van der Waals surface area (Å²) in [5, 5.41) is 2.04. The summed E-state index contributed by atoms with van der Waals surface area (Å²) in [7, 11) is 1.37. The zero-order valence-electron chi connectivity index (χ0n) is 16.4. The highest BCUT2D eigenvalue weighted by Crippen LogP contribution is 2.30. The van der Waals surface area contributed by atoms with Crippen molar-refractivity contribution in [3.63, 3.8) is 0 Å². The van der Waals surface area contributed by atoms with Gasteiger partial charge in [-0.25, -0.2) is 4.79 Å². The van der Waals surface area contributed by atoms with Gasteiger partial charge in [0.25, 0.3) is 5.91 Å². The van der Waals surface area contributed by atoms with Gasteiger partial charge >= 0.3 is 5.97 Å². The number of H-pyrrole nitrogens is 1. The number of rotatable bonds is 4. The van der Waals surface area contributed by atoms with Gasteiger partial charge in [0.05, 0.1) is 7.11 Å². The number of fused-ring (bicyclic) bond motifs is 1. The molecule has 3 aromatic rings. The van der Waals surface area contributed by atoms with Crippen molar-refractivity contribution in [3.8, 4) is 0 Å². The average Bonchev–Trinajstić information content (AvgIpc) is 3.18. The van der Waals surface area contributed by atoms with Gasteiger partial charge in [-0.3, -0.25) is 9.69 Å². The number of nitrogens with zero attached hydrogens (tertiary/aromatic N) is 2. The summed E-state index contributed by atoms with van der Waals surface area (Å²) in [6, 6.07) is 13.9. The lowest BCUT2D eigenvalue weighted by Crippen LogP contribution is -2.51. The Hall–Kier alpha value is -2.54. The maximum absolute atomic E-state index is 13.0. The highest BCUT2D eigenvalue weighted by molar-refractivity contribution is 6.31. The van der Waals surface area contributed by atoms with Crippen LogP contribution in [-0.4, -0.2) is 59.9 Å². The molecule has 4 rings (SSSR count). The van der Waals surface area contributed by atoms with Crippen LogP contribution in [0.1, 0.15) is 22.1 Å². The van der Waals surface area contributed by atoms with E-state index in [0.717, 1.165) is 10.9 Å². The molecule has 6 nitrogen and oxygen atoms in total. The first-order valence-electron chi connectivity index (χ1n) is 9.62. The van der Waals surface area contributed by atoms with Gasteiger partial charge in [-0.05, 0) is 35.9 Å². The van der Waals surface area contributed by atoms with Crippen LogP contribution in [0, 0.1) is 0 Å². The molecule has 8 heteroatoms. The molecule has 0 aliphatic carbocycles. The molecule has 0 spiro atoms. The number of piperazine rings is 1. The Morgan fingerprint density at radius 1 is 1.03 bits per heavy atom. The average molecular weight is 446 g/mol. The van der Waals surface area contributed by atoms with E-state index in [0.29, 0.717) is 47.5 Å². The molecule has 0 saturated carbocycles. The minimum Gasteiger partial charge on any atom is -0.468 e. The van der Waals surface area contributed by atoms with Crippen molar-refractivity contribution in [1.82, 2.24) is 14.8 Å². The predicted octanol–water partition coefficient (Wildman–Crippen LogP) is 4.15. The number of ether oxygens (including phenoxy) is 1.